The standard InChI is InChI=1S/C9H15FN2O4S/c10-1-2-11-9-12-5-7(15)6(14)4(3-13)16-8(5)17-9/h4-8,13-15H,1-3H2,(H,11,12). The van der Waals surface area contributed by atoms with Gasteiger partial charge in [0.2, 0.25) is 0 Å². The molecule has 2 saturated heterocycles. The fourth-order valence-corrected chi connectivity index (χ4v) is 3.01. The van der Waals surface area contributed by atoms with Crippen molar-refractivity contribution in [2.45, 2.75) is 29.8 Å². The Hall–Kier alpha value is -0.410. The summed E-state index contributed by atoms with van der Waals surface area (Å²) < 4.78 is 17.4. The Morgan fingerprint density at radius 3 is 2.82 bits per heavy atom. The van der Waals surface area contributed by atoms with Crippen LogP contribution < -0.4 is 5.32 Å². The minimum absolute atomic E-state index is 0.0524. The van der Waals surface area contributed by atoms with Crippen LogP contribution in [0.2, 0.25) is 0 Å². The van der Waals surface area contributed by atoms with E-state index in [4.69, 9.17) is 9.84 Å². The third-order valence-corrected chi connectivity index (χ3v) is 3.85. The van der Waals surface area contributed by atoms with Crippen LogP contribution >= 0.6 is 11.8 Å². The van der Waals surface area contributed by atoms with Crippen molar-refractivity contribution in [3.05, 3.63) is 0 Å². The lowest BCUT2D eigenvalue weighted by atomic mass is 9.98. The van der Waals surface area contributed by atoms with Gasteiger partial charge in [-0.15, -0.1) is 0 Å². The zero-order chi connectivity index (χ0) is 12.4. The number of aliphatic imine (C=N–C) groups is 1. The second-order valence-corrected chi connectivity index (χ2v) is 4.96. The van der Waals surface area contributed by atoms with Gasteiger partial charge in [0, 0.05) is 0 Å². The molecule has 0 bridgehead atoms. The first-order valence-corrected chi connectivity index (χ1v) is 6.21. The maximum Gasteiger partial charge on any atom is 0.159 e. The molecule has 5 atom stereocenters. The highest BCUT2D eigenvalue weighted by atomic mass is 32.2. The molecule has 2 rings (SSSR count). The van der Waals surface area contributed by atoms with Crippen molar-refractivity contribution < 1.29 is 24.4 Å². The summed E-state index contributed by atoms with van der Waals surface area (Å²) in [5.41, 5.74) is -0.427. The van der Waals surface area contributed by atoms with Crippen molar-refractivity contribution in [2.75, 3.05) is 19.8 Å². The van der Waals surface area contributed by atoms with Crippen LogP contribution in [0.4, 0.5) is 4.39 Å². The van der Waals surface area contributed by atoms with Gasteiger partial charge in [0.05, 0.1) is 19.2 Å². The quantitative estimate of drug-likeness (QED) is 0.494. The van der Waals surface area contributed by atoms with Gasteiger partial charge in [-0.3, -0.25) is 4.99 Å². The SMILES string of the molecule is OCC1OC2SC(=NCCF)NC2C(O)C1O. The molecule has 0 aromatic rings. The summed E-state index contributed by atoms with van der Waals surface area (Å²) in [4.78, 5) is 3.93. The molecule has 4 N–H and O–H groups in total. The molecule has 5 unspecified atom stereocenters. The van der Waals surface area contributed by atoms with E-state index in [9.17, 15) is 14.6 Å². The molecule has 2 aliphatic rings. The third kappa shape index (κ3) is 2.55. The minimum atomic E-state index is -1.14. The first kappa shape index (κ1) is 13.0. The van der Waals surface area contributed by atoms with Crippen molar-refractivity contribution in [3.8, 4) is 0 Å². The predicted octanol–water partition coefficient (Wildman–Crippen LogP) is -1.54. The first-order valence-electron chi connectivity index (χ1n) is 5.33. The van der Waals surface area contributed by atoms with E-state index in [1.54, 1.807) is 0 Å². The van der Waals surface area contributed by atoms with Gasteiger partial charge >= 0.3 is 0 Å². The largest absolute Gasteiger partial charge is 0.394 e. The van der Waals surface area contributed by atoms with Crippen LogP contribution in [-0.4, -0.2) is 70.1 Å². The molecule has 0 amide bonds. The lowest BCUT2D eigenvalue weighted by Crippen LogP contribution is -2.59. The van der Waals surface area contributed by atoms with E-state index >= 15 is 0 Å². The van der Waals surface area contributed by atoms with Crippen LogP contribution in [0.1, 0.15) is 0 Å². The second kappa shape index (κ2) is 5.49. The Balaban J connectivity index is 2.04. The maximum atomic E-state index is 12.0. The van der Waals surface area contributed by atoms with Crippen LogP contribution in [0, 0.1) is 0 Å². The molecule has 0 saturated carbocycles. The molecule has 0 radical (unpaired) electrons. The van der Waals surface area contributed by atoms with Gasteiger partial charge in [-0.2, -0.15) is 0 Å². The van der Waals surface area contributed by atoms with Crippen LogP contribution in [0.25, 0.3) is 0 Å². The van der Waals surface area contributed by atoms with Gasteiger partial charge in [-0.25, -0.2) is 4.39 Å². The fourth-order valence-electron chi connectivity index (χ4n) is 1.85. The van der Waals surface area contributed by atoms with Gasteiger partial charge < -0.3 is 25.4 Å². The van der Waals surface area contributed by atoms with Crippen molar-refractivity contribution >= 4 is 16.9 Å². The summed E-state index contributed by atoms with van der Waals surface area (Å²) in [6.45, 7) is -0.859. The number of nitrogens with zero attached hydrogens (tertiary/aromatic N) is 1. The number of ether oxygens (including phenoxy) is 1. The van der Waals surface area contributed by atoms with E-state index in [1.165, 1.54) is 11.8 Å². The Labute approximate surface area is 102 Å². The number of fused-ring (bicyclic) bond motifs is 1. The zero-order valence-electron chi connectivity index (χ0n) is 8.99. The Morgan fingerprint density at radius 2 is 2.18 bits per heavy atom. The smallest absolute Gasteiger partial charge is 0.159 e. The normalized spacial score (nSPS) is 43.5. The van der Waals surface area contributed by atoms with Gasteiger partial charge in [0.15, 0.2) is 5.17 Å². The Kier molecular flexibility index (Phi) is 4.21. The summed E-state index contributed by atoms with van der Waals surface area (Å²) in [5, 5.41) is 31.9. The van der Waals surface area contributed by atoms with Crippen molar-refractivity contribution in [3.63, 3.8) is 0 Å². The number of rotatable bonds is 3. The number of hydrogen-bond acceptors (Lipinski definition) is 6. The highest BCUT2D eigenvalue weighted by Gasteiger charge is 2.48. The minimum Gasteiger partial charge on any atom is -0.394 e. The summed E-state index contributed by atoms with van der Waals surface area (Å²) >= 11 is 1.23. The number of aliphatic hydroxyl groups is 3. The van der Waals surface area contributed by atoms with Crippen LogP contribution in [0.3, 0.4) is 0 Å². The van der Waals surface area contributed by atoms with E-state index in [2.05, 4.69) is 10.3 Å². The molecule has 0 aromatic heterocycles. The third-order valence-electron chi connectivity index (χ3n) is 2.74. The molecule has 98 valence electrons. The van der Waals surface area contributed by atoms with Crippen LogP contribution in [-0.2, 0) is 4.74 Å². The highest BCUT2D eigenvalue weighted by molar-refractivity contribution is 8.14. The summed E-state index contributed by atoms with van der Waals surface area (Å²) in [6, 6.07) is -0.490. The second-order valence-electron chi connectivity index (χ2n) is 3.87. The maximum absolute atomic E-state index is 12.0. The van der Waals surface area contributed by atoms with E-state index in [0.29, 0.717) is 5.17 Å². The van der Waals surface area contributed by atoms with Crippen molar-refractivity contribution in [1.29, 1.82) is 0 Å². The van der Waals surface area contributed by atoms with Gasteiger partial charge in [-0.1, -0.05) is 11.8 Å². The lowest BCUT2D eigenvalue weighted by Gasteiger charge is -2.38. The first-order chi connectivity index (χ1) is 8.17. The number of alkyl halides is 1. The summed E-state index contributed by atoms with van der Waals surface area (Å²) in [7, 11) is 0. The van der Waals surface area contributed by atoms with E-state index in [0.717, 1.165) is 0 Å². The van der Waals surface area contributed by atoms with Gasteiger partial charge in [0.1, 0.15) is 30.4 Å². The number of nitrogens with one attached hydrogen (secondary N) is 1. The zero-order valence-corrected chi connectivity index (χ0v) is 9.81. The Morgan fingerprint density at radius 1 is 1.41 bits per heavy atom. The molecular weight excluding hydrogens is 251 g/mol. The number of aliphatic hydroxyl groups excluding tert-OH is 3. The van der Waals surface area contributed by atoms with Gasteiger partial charge in [0.25, 0.3) is 0 Å². The molecule has 6 nitrogen and oxygen atoms in total. The average molecular weight is 266 g/mol. The van der Waals surface area contributed by atoms with Gasteiger partial charge in [-0.05, 0) is 0 Å². The molecular formula is C9H15FN2O4S. The monoisotopic (exact) mass is 266 g/mol. The topological polar surface area (TPSA) is 94.3 Å². The average Bonchev–Trinajstić information content (AvgIpc) is 2.74. The highest BCUT2D eigenvalue weighted by Crippen LogP contribution is 2.33. The number of hydrogen-bond donors (Lipinski definition) is 4. The fraction of sp³-hybridized carbons (Fsp3) is 0.889. The number of amidine groups is 1. The molecule has 2 aliphatic heterocycles. The summed E-state index contributed by atoms with van der Waals surface area (Å²) in [6.07, 6.45) is -2.99. The van der Waals surface area contributed by atoms with Crippen LogP contribution in [0.15, 0.2) is 4.99 Å². The molecule has 17 heavy (non-hydrogen) atoms. The van der Waals surface area contributed by atoms with E-state index in [1.807, 2.05) is 0 Å². The molecule has 8 heteroatoms. The molecule has 0 aromatic carbocycles. The summed E-state index contributed by atoms with van der Waals surface area (Å²) in [5.74, 6) is 0. The lowest BCUT2D eigenvalue weighted by molar-refractivity contribution is -0.167. The number of thioether (sulfide) groups is 1. The predicted molar refractivity (Wildman–Crippen MR) is 60.6 cm³/mol. The van der Waals surface area contributed by atoms with E-state index < -0.39 is 36.5 Å². The number of halogens is 1. The molecule has 2 heterocycles. The van der Waals surface area contributed by atoms with Crippen molar-refractivity contribution in [1.82, 2.24) is 5.32 Å². The van der Waals surface area contributed by atoms with E-state index in [-0.39, 0.29) is 13.2 Å². The van der Waals surface area contributed by atoms with Crippen LogP contribution in [0.5, 0.6) is 0 Å². The molecule has 0 spiro atoms. The molecule has 2 fully saturated rings. The van der Waals surface area contributed by atoms with Crippen molar-refractivity contribution in [2.24, 2.45) is 4.99 Å². The Bertz CT molecular complexity index is 307. The molecule has 0 aliphatic carbocycles.